The van der Waals surface area contributed by atoms with Crippen LogP contribution in [0, 0.1) is 0 Å². The first-order valence-electron chi connectivity index (χ1n) is 9.28. The van der Waals surface area contributed by atoms with Crippen molar-refractivity contribution in [2.24, 2.45) is 0 Å². The van der Waals surface area contributed by atoms with Crippen LogP contribution in [0.15, 0.2) is 29.2 Å². The van der Waals surface area contributed by atoms with Gasteiger partial charge < -0.3 is 14.5 Å². The van der Waals surface area contributed by atoms with Crippen molar-refractivity contribution >= 4 is 27.5 Å². The standard InChI is InChI=1S/C18H23N3O5S/c22-17(19-9-11-26-12-10-19)13-20-14-5-1-2-7-16(14)27(24,25)21-8-4-3-6-15(21)18(20)23/h1-2,5,7,15H,3-4,6,8-13H2/t15-/m0/s1. The molecule has 0 aliphatic carbocycles. The maximum Gasteiger partial charge on any atom is 0.245 e. The van der Waals surface area contributed by atoms with Crippen molar-refractivity contribution in [3.63, 3.8) is 0 Å². The van der Waals surface area contributed by atoms with E-state index < -0.39 is 16.1 Å². The van der Waals surface area contributed by atoms with Crippen molar-refractivity contribution in [2.45, 2.75) is 30.2 Å². The first-order chi connectivity index (χ1) is 13.0. The zero-order valence-corrected chi connectivity index (χ0v) is 15.9. The van der Waals surface area contributed by atoms with Crippen molar-refractivity contribution in [2.75, 3.05) is 44.3 Å². The van der Waals surface area contributed by atoms with Gasteiger partial charge in [0.15, 0.2) is 0 Å². The molecule has 0 spiro atoms. The Morgan fingerprint density at radius 3 is 2.63 bits per heavy atom. The van der Waals surface area contributed by atoms with E-state index in [1.54, 1.807) is 23.1 Å². The Morgan fingerprint density at radius 2 is 1.85 bits per heavy atom. The minimum atomic E-state index is -3.78. The van der Waals surface area contributed by atoms with Crippen molar-refractivity contribution in [3.05, 3.63) is 24.3 Å². The monoisotopic (exact) mass is 393 g/mol. The SMILES string of the molecule is O=C(CN1C(=O)[C@@H]2CCCCN2S(=O)(=O)c2ccccc21)N1CCOCC1. The summed E-state index contributed by atoms with van der Waals surface area (Å²) in [6, 6.07) is 5.72. The molecule has 1 atom stereocenters. The predicted molar refractivity (Wildman–Crippen MR) is 97.7 cm³/mol. The van der Waals surface area contributed by atoms with Gasteiger partial charge in [-0.1, -0.05) is 18.6 Å². The molecule has 0 unspecified atom stereocenters. The van der Waals surface area contributed by atoms with Crippen LogP contribution in [0.5, 0.6) is 0 Å². The fraction of sp³-hybridized carbons (Fsp3) is 0.556. The predicted octanol–water partition coefficient (Wildman–Crippen LogP) is 0.435. The maximum atomic E-state index is 13.3. The van der Waals surface area contributed by atoms with Crippen molar-refractivity contribution in [1.29, 1.82) is 0 Å². The van der Waals surface area contributed by atoms with Crippen LogP contribution in [0.1, 0.15) is 19.3 Å². The highest BCUT2D eigenvalue weighted by atomic mass is 32.2. The first kappa shape index (κ1) is 18.4. The largest absolute Gasteiger partial charge is 0.378 e. The van der Waals surface area contributed by atoms with Crippen LogP contribution in [-0.2, 0) is 24.3 Å². The second kappa shape index (κ2) is 7.21. The number of sulfonamides is 1. The van der Waals surface area contributed by atoms with E-state index in [1.807, 2.05) is 0 Å². The number of carbonyl (C=O) groups excluding carboxylic acids is 2. The molecule has 3 aliphatic rings. The summed E-state index contributed by atoms with van der Waals surface area (Å²) in [6.07, 6.45) is 2.01. The van der Waals surface area contributed by atoms with Crippen molar-refractivity contribution in [1.82, 2.24) is 9.21 Å². The lowest BCUT2D eigenvalue weighted by atomic mass is 10.0. The quantitative estimate of drug-likeness (QED) is 0.727. The molecule has 2 saturated heterocycles. The highest BCUT2D eigenvalue weighted by Crippen LogP contribution is 2.36. The number of amides is 2. The molecule has 1 aromatic carbocycles. The first-order valence-corrected chi connectivity index (χ1v) is 10.7. The van der Waals surface area contributed by atoms with Gasteiger partial charge in [0.25, 0.3) is 0 Å². The molecule has 0 bridgehead atoms. The van der Waals surface area contributed by atoms with Gasteiger partial charge in [-0.2, -0.15) is 4.31 Å². The Balaban J connectivity index is 1.73. The average Bonchev–Trinajstić information content (AvgIpc) is 2.77. The molecule has 146 valence electrons. The van der Waals surface area contributed by atoms with Crippen molar-refractivity contribution in [3.8, 4) is 0 Å². The number of anilines is 1. The van der Waals surface area contributed by atoms with Gasteiger partial charge >= 0.3 is 0 Å². The van der Waals surface area contributed by atoms with E-state index in [0.29, 0.717) is 45.0 Å². The molecule has 3 heterocycles. The molecule has 0 saturated carbocycles. The average molecular weight is 393 g/mol. The second-order valence-electron chi connectivity index (χ2n) is 7.01. The smallest absolute Gasteiger partial charge is 0.245 e. The highest BCUT2D eigenvalue weighted by Gasteiger charge is 2.45. The number of carbonyl (C=O) groups is 2. The summed E-state index contributed by atoms with van der Waals surface area (Å²) >= 11 is 0. The number of rotatable bonds is 2. The van der Waals surface area contributed by atoms with E-state index in [-0.39, 0.29) is 23.3 Å². The van der Waals surface area contributed by atoms with Gasteiger partial charge in [-0.15, -0.1) is 0 Å². The van der Waals surface area contributed by atoms with Crippen LogP contribution in [0.2, 0.25) is 0 Å². The van der Waals surface area contributed by atoms with Gasteiger partial charge in [0.1, 0.15) is 17.5 Å². The molecule has 4 rings (SSSR count). The topological polar surface area (TPSA) is 87.2 Å². The fourth-order valence-corrected chi connectivity index (χ4v) is 5.82. The molecule has 0 radical (unpaired) electrons. The lowest BCUT2D eigenvalue weighted by molar-refractivity contribution is -0.135. The van der Waals surface area contributed by atoms with Gasteiger partial charge in [-0.05, 0) is 25.0 Å². The number of piperidine rings is 1. The number of morpholine rings is 1. The Kier molecular flexibility index (Phi) is 4.92. The van der Waals surface area contributed by atoms with Crippen LogP contribution in [0.4, 0.5) is 5.69 Å². The third-order valence-corrected chi connectivity index (χ3v) is 7.36. The van der Waals surface area contributed by atoms with E-state index in [0.717, 1.165) is 12.8 Å². The molecule has 2 amide bonds. The van der Waals surface area contributed by atoms with Crippen LogP contribution in [0.25, 0.3) is 0 Å². The number of fused-ring (bicyclic) bond motifs is 2. The van der Waals surface area contributed by atoms with Crippen LogP contribution in [-0.4, -0.2) is 74.9 Å². The molecule has 3 aliphatic heterocycles. The Hall–Kier alpha value is -1.97. The molecular formula is C18H23N3O5S. The summed E-state index contributed by atoms with van der Waals surface area (Å²) in [7, 11) is -3.78. The zero-order chi connectivity index (χ0) is 19.0. The van der Waals surface area contributed by atoms with E-state index in [9.17, 15) is 18.0 Å². The summed E-state index contributed by atoms with van der Waals surface area (Å²) in [4.78, 5) is 29.2. The minimum Gasteiger partial charge on any atom is -0.378 e. The van der Waals surface area contributed by atoms with Crippen LogP contribution < -0.4 is 4.90 Å². The van der Waals surface area contributed by atoms with Gasteiger partial charge in [0.05, 0.1) is 18.9 Å². The summed E-state index contributed by atoms with van der Waals surface area (Å²) in [5, 5.41) is 0. The summed E-state index contributed by atoms with van der Waals surface area (Å²) < 4.78 is 32.9. The summed E-state index contributed by atoms with van der Waals surface area (Å²) in [6.45, 7) is 2.09. The number of hydrogen-bond donors (Lipinski definition) is 0. The fourth-order valence-electron chi connectivity index (χ4n) is 3.97. The molecule has 8 nitrogen and oxygen atoms in total. The maximum absolute atomic E-state index is 13.3. The van der Waals surface area contributed by atoms with Crippen molar-refractivity contribution < 1.29 is 22.7 Å². The number of ether oxygens (including phenoxy) is 1. The number of benzene rings is 1. The Labute approximate surface area is 158 Å². The van der Waals surface area contributed by atoms with Crippen LogP contribution >= 0.6 is 0 Å². The van der Waals surface area contributed by atoms with E-state index >= 15 is 0 Å². The molecule has 1 aromatic rings. The molecule has 9 heteroatoms. The molecular weight excluding hydrogens is 370 g/mol. The van der Waals surface area contributed by atoms with Gasteiger partial charge in [-0.25, -0.2) is 8.42 Å². The Morgan fingerprint density at radius 1 is 1.11 bits per heavy atom. The Bertz CT molecular complexity index is 850. The lowest BCUT2D eigenvalue weighted by Gasteiger charge is -2.34. The second-order valence-corrected chi connectivity index (χ2v) is 8.87. The van der Waals surface area contributed by atoms with Crippen LogP contribution in [0.3, 0.4) is 0 Å². The molecule has 0 aromatic heterocycles. The molecule has 27 heavy (non-hydrogen) atoms. The summed E-state index contributed by atoms with van der Waals surface area (Å²) in [5.41, 5.74) is 0.290. The summed E-state index contributed by atoms with van der Waals surface area (Å²) in [5.74, 6) is -0.507. The van der Waals surface area contributed by atoms with E-state index in [1.165, 1.54) is 15.3 Å². The zero-order valence-electron chi connectivity index (χ0n) is 15.0. The normalized spacial score (nSPS) is 25.5. The molecule has 2 fully saturated rings. The number of para-hydroxylation sites is 1. The van der Waals surface area contributed by atoms with Gasteiger partial charge in [-0.3, -0.25) is 9.59 Å². The highest BCUT2D eigenvalue weighted by molar-refractivity contribution is 7.89. The lowest BCUT2D eigenvalue weighted by Crippen LogP contribution is -2.53. The third-order valence-electron chi connectivity index (χ3n) is 5.40. The van der Waals surface area contributed by atoms with Gasteiger partial charge in [0, 0.05) is 19.6 Å². The number of hydrogen-bond acceptors (Lipinski definition) is 5. The third kappa shape index (κ3) is 3.24. The molecule has 0 N–H and O–H groups in total. The minimum absolute atomic E-state index is 0.0949. The van der Waals surface area contributed by atoms with E-state index in [2.05, 4.69) is 0 Å². The van der Waals surface area contributed by atoms with Gasteiger partial charge in [0.2, 0.25) is 21.8 Å². The van der Waals surface area contributed by atoms with E-state index in [4.69, 9.17) is 4.74 Å². The number of nitrogens with zero attached hydrogens (tertiary/aromatic N) is 3.